The fourth-order valence-corrected chi connectivity index (χ4v) is 2.98. The van der Waals surface area contributed by atoms with E-state index in [4.69, 9.17) is 9.47 Å². The molecule has 1 aliphatic rings. The lowest BCUT2D eigenvalue weighted by molar-refractivity contribution is -0.138. The van der Waals surface area contributed by atoms with E-state index in [-0.39, 0.29) is 24.7 Å². The highest BCUT2D eigenvalue weighted by Crippen LogP contribution is 2.32. The lowest BCUT2D eigenvalue weighted by Gasteiger charge is -2.35. The van der Waals surface area contributed by atoms with Gasteiger partial charge >= 0.3 is 12.2 Å². The summed E-state index contributed by atoms with van der Waals surface area (Å²) in [4.78, 5) is 24.2. The molecule has 0 bridgehead atoms. The van der Waals surface area contributed by atoms with Crippen LogP contribution in [0.4, 0.5) is 19.0 Å². The Morgan fingerprint density at radius 2 is 1.71 bits per heavy atom. The number of hydrogen-bond donors (Lipinski definition) is 0. The molecule has 0 unspecified atom stereocenters. The molecule has 2 heterocycles. The van der Waals surface area contributed by atoms with Gasteiger partial charge in [-0.25, -0.2) is 0 Å². The first-order valence-electron chi connectivity index (χ1n) is 8.51. The number of halogens is 3. The Labute approximate surface area is 159 Å². The summed E-state index contributed by atoms with van der Waals surface area (Å²) >= 11 is 0. The summed E-state index contributed by atoms with van der Waals surface area (Å²) in [5.41, 5.74) is -1.26. The van der Waals surface area contributed by atoms with Crippen LogP contribution in [0.2, 0.25) is 0 Å². The number of carbonyl (C=O) groups is 1. The van der Waals surface area contributed by atoms with E-state index >= 15 is 0 Å². The number of nitrogens with zero attached hydrogens (tertiary/aromatic N) is 4. The number of carbonyl (C=O) groups excluding carboxylic acids is 1. The SMILES string of the molecule is COc1cc(N2CCN(C(=O)c3ccccc3C(F)(F)F)CC2)nc(OC)n1. The lowest BCUT2D eigenvalue weighted by atomic mass is 10.1. The molecule has 1 aromatic carbocycles. The number of alkyl halides is 3. The second-order valence-electron chi connectivity index (χ2n) is 6.08. The van der Waals surface area contributed by atoms with Gasteiger partial charge in [-0.05, 0) is 12.1 Å². The minimum atomic E-state index is -4.58. The Bertz CT molecular complexity index is 830. The monoisotopic (exact) mass is 396 g/mol. The first-order valence-corrected chi connectivity index (χ1v) is 8.51. The normalized spacial score (nSPS) is 14.8. The summed E-state index contributed by atoms with van der Waals surface area (Å²) in [7, 11) is 2.91. The van der Waals surface area contributed by atoms with Gasteiger partial charge in [0.1, 0.15) is 5.82 Å². The standard InChI is InChI=1S/C18H19F3N4O3/c1-27-15-11-14(22-17(23-15)28-2)24-7-9-25(10-8-24)16(26)12-5-3-4-6-13(12)18(19,20)21/h3-6,11H,7-10H2,1-2H3. The fourth-order valence-electron chi connectivity index (χ4n) is 2.98. The summed E-state index contributed by atoms with van der Waals surface area (Å²) in [6, 6.07) is 6.61. The van der Waals surface area contributed by atoms with Crippen LogP contribution in [0.15, 0.2) is 30.3 Å². The van der Waals surface area contributed by atoms with Gasteiger partial charge < -0.3 is 19.3 Å². The van der Waals surface area contributed by atoms with Crippen LogP contribution < -0.4 is 14.4 Å². The van der Waals surface area contributed by atoms with E-state index in [0.29, 0.717) is 24.8 Å². The fraction of sp³-hybridized carbons (Fsp3) is 0.389. The minimum absolute atomic E-state index is 0.145. The molecule has 0 N–H and O–H groups in total. The Balaban J connectivity index is 1.74. The number of anilines is 1. The minimum Gasteiger partial charge on any atom is -0.481 e. The number of amides is 1. The highest BCUT2D eigenvalue weighted by molar-refractivity contribution is 5.96. The third-order valence-corrected chi connectivity index (χ3v) is 4.41. The largest absolute Gasteiger partial charge is 0.481 e. The first kappa shape index (κ1) is 19.7. The predicted molar refractivity (Wildman–Crippen MR) is 94.7 cm³/mol. The maximum atomic E-state index is 13.2. The van der Waals surface area contributed by atoms with Crippen LogP contribution in [-0.4, -0.2) is 61.2 Å². The van der Waals surface area contributed by atoms with Crippen molar-refractivity contribution in [1.82, 2.24) is 14.9 Å². The van der Waals surface area contributed by atoms with Gasteiger partial charge in [-0.3, -0.25) is 4.79 Å². The van der Waals surface area contributed by atoms with Gasteiger partial charge in [-0.2, -0.15) is 23.1 Å². The van der Waals surface area contributed by atoms with E-state index in [2.05, 4.69) is 9.97 Å². The molecular formula is C18H19F3N4O3. The molecule has 0 aliphatic carbocycles. The lowest BCUT2D eigenvalue weighted by Crippen LogP contribution is -2.49. The van der Waals surface area contributed by atoms with E-state index in [1.54, 1.807) is 6.07 Å². The predicted octanol–water partition coefficient (Wildman–Crippen LogP) is 2.48. The van der Waals surface area contributed by atoms with Crippen LogP contribution in [-0.2, 0) is 6.18 Å². The first-order chi connectivity index (χ1) is 13.3. The van der Waals surface area contributed by atoms with Crippen molar-refractivity contribution in [2.24, 2.45) is 0 Å². The topological polar surface area (TPSA) is 67.8 Å². The van der Waals surface area contributed by atoms with Gasteiger partial charge in [0.2, 0.25) is 5.88 Å². The summed E-state index contributed by atoms with van der Waals surface area (Å²) < 4.78 is 49.7. The van der Waals surface area contributed by atoms with Crippen LogP contribution in [0, 0.1) is 0 Å². The Hall–Kier alpha value is -3.04. The van der Waals surface area contributed by atoms with Crippen molar-refractivity contribution >= 4 is 11.7 Å². The van der Waals surface area contributed by atoms with Gasteiger partial charge in [0.15, 0.2) is 0 Å². The van der Waals surface area contributed by atoms with Crippen LogP contribution in [0.1, 0.15) is 15.9 Å². The Morgan fingerprint density at radius 1 is 1.04 bits per heavy atom. The van der Waals surface area contributed by atoms with Crippen LogP contribution in [0.3, 0.4) is 0 Å². The van der Waals surface area contributed by atoms with Gasteiger partial charge in [0.25, 0.3) is 5.91 Å². The van der Waals surface area contributed by atoms with Crippen molar-refractivity contribution in [3.05, 3.63) is 41.5 Å². The molecule has 2 aromatic rings. The summed E-state index contributed by atoms with van der Waals surface area (Å²) in [5, 5.41) is 0. The van der Waals surface area contributed by atoms with Crippen LogP contribution in [0.5, 0.6) is 11.9 Å². The van der Waals surface area contributed by atoms with Crippen molar-refractivity contribution < 1.29 is 27.4 Å². The molecule has 0 atom stereocenters. The van der Waals surface area contributed by atoms with E-state index in [1.165, 1.54) is 37.3 Å². The number of aromatic nitrogens is 2. The van der Waals surface area contributed by atoms with Gasteiger partial charge in [-0.15, -0.1) is 0 Å². The van der Waals surface area contributed by atoms with Crippen molar-refractivity contribution in [2.45, 2.75) is 6.18 Å². The summed E-state index contributed by atoms with van der Waals surface area (Å²) in [5.74, 6) is 0.261. The number of piperazine rings is 1. The average molecular weight is 396 g/mol. The van der Waals surface area contributed by atoms with Gasteiger partial charge in [0, 0.05) is 32.2 Å². The molecule has 1 fully saturated rings. The number of hydrogen-bond acceptors (Lipinski definition) is 6. The van der Waals surface area contributed by atoms with Crippen molar-refractivity contribution in [3.63, 3.8) is 0 Å². The molecule has 0 spiro atoms. The van der Waals surface area contributed by atoms with Crippen molar-refractivity contribution in [3.8, 4) is 11.9 Å². The molecule has 1 saturated heterocycles. The van der Waals surface area contributed by atoms with E-state index < -0.39 is 17.6 Å². The Morgan fingerprint density at radius 3 is 2.32 bits per heavy atom. The molecular weight excluding hydrogens is 377 g/mol. The zero-order valence-electron chi connectivity index (χ0n) is 15.4. The quantitative estimate of drug-likeness (QED) is 0.791. The van der Waals surface area contributed by atoms with E-state index in [0.717, 1.165) is 6.07 Å². The molecule has 1 aliphatic heterocycles. The summed E-state index contributed by atoms with van der Waals surface area (Å²) in [6.45, 7) is 1.34. The van der Waals surface area contributed by atoms with E-state index in [9.17, 15) is 18.0 Å². The highest BCUT2D eigenvalue weighted by Gasteiger charge is 2.36. The molecule has 10 heteroatoms. The number of benzene rings is 1. The summed E-state index contributed by atoms with van der Waals surface area (Å²) in [6.07, 6.45) is -4.58. The molecule has 28 heavy (non-hydrogen) atoms. The molecule has 150 valence electrons. The highest BCUT2D eigenvalue weighted by atomic mass is 19.4. The number of ether oxygens (including phenoxy) is 2. The number of methoxy groups -OCH3 is 2. The second kappa shape index (κ2) is 7.91. The zero-order chi connectivity index (χ0) is 20.3. The third-order valence-electron chi connectivity index (χ3n) is 4.41. The van der Waals surface area contributed by atoms with Gasteiger partial charge in [0.05, 0.1) is 25.3 Å². The maximum Gasteiger partial charge on any atom is 0.417 e. The molecule has 0 radical (unpaired) electrons. The second-order valence-corrected chi connectivity index (χ2v) is 6.08. The molecule has 3 rings (SSSR count). The van der Waals surface area contributed by atoms with Crippen molar-refractivity contribution in [1.29, 1.82) is 0 Å². The van der Waals surface area contributed by atoms with Gasteiger partial charge in [-0.1, -0.05) is 12.1 Å². The average Bonchev–Trinajstić information content (AvgIpc) is 2.72. The maximum absolute atomic E-state index is 13.2. The number of rotatable bonds is 4. The zero-order valence-corrected chi connectivity index (χ0v) is 15.4. The van der Waals surface area contributed by atoms with Crippen molar-refractivity contribution in [2.75, 3.05) is 45.3 Å². The smallest absolute Gasteiger partial charge is 0.417 e. The Kier molecular flexibility index (Phi) is 5.57. The molecule has 1 amide bonds. The van der Waals surface area contributed by atoms with Crippen LogP contribution >= 0.6 is 0 Å². The molecule has 7 nitrogen and oxygen atoms in total. The van der Waals surface area contributed by atoms with E-state index in [1.807, 2.05) is 4.90 Å². The third kappa shape index (κ3) is 4.10. The van der Waals surface area contributed by atoms with Crippen LogP contribution in [0.25, 0.3) is 0 Å². The molecule has 0 saturated carbocycles. The molecule has 1 aromatic heterocycles.